The van der Waals surface area contributed by atoms with Crippen LogP contribution in [0, 0.1) is 40.8 Å². The number of halogens is 4. The molecular weight excluding hydrogens is 712 g/mol. The van der Waals surface area contributed by atoms with Crippen LogP contribution >= 0.6 is 0 Å². The summed E-state index contributed by atoms with van der Waals surface area (Å²) in [7, 11) is 0. The second-order valence-electron chi connectivity index (χ2n) is 18.0. The summed E-state index contributed by atoms with van der Waals surface area (Å²) < 4.78 is 58.1. The third-order valence-electron chi connectivity index (χ3n) is 13.5. The van der Waals surface area contributed by atoms with Gasteiger partial charge >= 0.3 is 6.18 Å². The minimum Gasteiger partial charge on any atom is -0.394 e. The van der Waals surface area contributed by atoms with Crippen LogP contribution in [-0.2, 0) is 35.4 Å². The number of fused-ring (bicyclic) bond motifs is 2. The number of hydrogen-bond acceptors (Lipinski definition) is 7. The number of nitrogens with zero attached hydrogens (tertiary/aromatic N) is 3. The number of carbonyl (C=O) groups is 1. The molecule has 8 nitrogen and oxygen atoms in total. The lowest BCUT2D eigenvalue weighted by molar-refractivity contribution is -0.183. The minimum absolute atomic E-state index is 0.00918. The first kappa shape index (κ1) is 42.0. The lowest BCUT2D eigenvalue weighted by Crippen LogP contribution is -2.62. The normalized spacial score (nSPS) is 29.5. The SMILES string of the molecule is CC(C)C[C@@H](CN1CCCC1)N(Cc1cccc(CN2O[C@@H](CO)[C@@H]([C@H](C)O)[C@H]2C(=O)N[C@H]2C[C@H]3C[C@@H]([C@@H]2C)C3(C)C)c1)Cc1c(F)cccc1C(F)(F)F. The predicted molar refractivity (Wildman–Crippen MR) is 204 cm³/mol. The maximum absolute atomic E-state index is 15.4. The van der Waals surface area contributed by atoms with Gasteiger partial charge in [-0.2, -0.15) is 18.2 Å². The van der Waals surface area contributed by atoms with Gasteiger partial charge in [0, 0.05) is 43.2 Å². The number of hydrogen-bond donors (Lipinski definition) is 3. The fourth-order valence-corrected chi connectivity index (χ4v) is 10.4. The van der Waals surface area contributed by atoms with Crippen LogP contribution in [0.5, 0.6) is 0 Å². The van der Waals surface area contributed by atoms with Crippen molar-refractivity contribution in [2.75, 3.05) is 26.2 Å². The van der Waals surface area contributed by atoms with E-state index >= 15 is 4.39 Å². The number of aliphatic hydroxyl groups is 2. The molecule has 5 aliphatic rings. The highest BCUT2D eigenvalue weighted by Crippen LogP contribution is 2.61. The van der Waals surface area contributed by atoms with Crippen molar-refractivity contribution in [1.29, 1.82) is 0 Å². The van der Waals surface area contributed by atoms with Crippen molar-refractivity contribution in [3.63, 3.8) is 0 Å². The van der Waals surface area contributed by atoms with Crippen molar-refractivity contribution in [1.82, 2.24) is 20.2 Å². The molecule has 0 radical (unpaired) electrons. The van der Waals surface area contributed by atoms with Crippen LogP contribution in [0.4, 0.5) is 17.6 Å². The fraction of sp³-hybridized carbons (Fsp3) is 0.698. The molecule has 2 aliphatic heterocycles. The zero-order valence-electron chi connectivity index (χ0n) is 33.4. The molecule has 0 unspecified atom stereocenters. The van der Waals surface area contributed by atoms with E-state index < -0.39 is 41.7 Å². The average molecular weight is 775 g/mol. The number of hydroxylamine groups is 2. The van der Waals surface area contributed by atoms with Gasteiger partial charge in [-0.3, -0.25) is 14.5 Å². The van der Waals surface area contributed by atoms with Crippen molar-refractivity contribution < 1.29 is 37.4 Å². The molecule has 2 heterocycles. The number of likely N-dealkylation sites (tertiary alicyclic amines) is 1. The Labute approximate surface area is 324 Å². The van der Waals surface area contributed by atoms with Gasteiger partial charge in [-0.1, -0.05) is 65.0 Å². The van der Waals surface area contributed by atoms with Crippen LogP contribution < -0.4 is 5.32 Å². The van der Waals surface area contributed by atoms with Crippen molar-refractivity contribution in [3.05, 3.63) is 70.5 Å². The van der Waals surface area contributed by atoms with Crippen LogP contribution in [0.25, 0.3) is 0 Å². The maximum atomic E-state index is 15.4. The Hall–Kier alpha value is -2.61. The van der Waals surface area contributed by atoms with E-state index in [-0.39, 0.29) is 61.1 Å². The first-order chi connectivity index (χ1) is 26.0. The van der Waals surface area contributed by atoms with Gasteiger partial charge in [0.1, 0.15) is 18.0 Å². The number of benzene rings is 2. The standard InChI is InChI=1S/C43H62F4N4O4/c1-26(2)17-32(23-49-15-7-8-16-49)50(24-33-34(43(45,46)47)13-10-14-36(33)44)21-29-11-9-12-30(18-29)22-51-40(39(28(4)53)38(25-52)55-51)41(54)48-37-20-31-19-35(27(37)3)42(31,5)6/h9-14,18,26-28,31-32,35,37-40,52-53H,7-8,15-17,19-25H2,1-6H3,(H,48,54)/t27-,28-,31+,32-,35-,37-,38-,39+,40-/m0/s1. The van der Waals surface area contributed by atoms with E-state index in [1.54, 1.807) is 12.0 Å². The highest BCUT2D eigenvalue weighted by Gasteiger charge is 2.57. The number of carbonyl (C=O) groups excluding carboxylic acids is 1. The Morgan fingerprint density at radius 1 is 1.05 bits per heavy atom. The number of nitrogens with one attached hydrogen (secondary N) is 1. The van der Waals surface area contributed by atoms with Gasteiger partial charge < -0.3 is 20.4 Å². The molecule has 1 amide bonds. The van der Waals surface area contributed by atoms with Gasteiger partial charge in [-0.15, -0.1) is 0 Å². The summed E-state index contributed by atoms with van der Waals surface area (Å²) in [4.78, 5) is 24.8. The molecular formula is C43H62F4N4O4. The number of alkyl halides is 3. The van der Waals surface area contributed by atoms with E-state index in [1.165, 1.54) is 6.42 Å². The van der Waals surface area contributed by atoms with Crippen LogP contribution in [-0.4, -0.2) is 87.6 Å². The van der Waals surface area contributed by atoms with Gasteiger partial charge in [0.15, 0.2) is 0 Å². The maximum Gasteiger partial charge on any atom is 0.416 e. The van der Waals surface area contributed by atoms with Crippen LogP contribution in [0.15, 0.2) is 42.5 Å². The van der Waals surface area contributed by atoms with Gasteiger partial charge in [-0.25, -0.2) is 4.39 Å². The Bertz CT molecular complexity index is 1620. The highest BCUT2D eigenvalue weighted by molar-refractivity contribution is 5.82. The lowest BCUT2D eigenvalue weighted by atomic mass is 9.45. The molecule has 3 aliphatic carbocycles. The topological polar surface area (TPSA) is 88.5 Å². The van der Waals surface area contributed by atoms with Crippen molar-refractivity contribution >= 4 is 5.91 Å². The smallest absolute Gasteiger partial charge is 0.394 e. The van der Waals surface area contributed by atoms with Crippen molar-refractivity contribution in [2.45, 2.75) is 130 Å². The summed E-state index contributed by atoms with van der Waals surface area (Å²) in [5.74, 6) is -0.133. The summed E-state index contributed by atoms with van der Waals surface area (Å²) >= 11 is 0. The van der Waals surface area contributed by atoms with E-state index in [9.17, 15) is 28.2 Å². The van der Waals surface area contributed by atoms with Crippen molar-refractivity contribution in [3.8, 4) is 0 Å². The molecule has 3 N–H and O–H groups in total. The van der Waals surface area contributed by atoms with Crippen molar-refractivity contribution in [2.24, 2.45) is 35.0 Å². The monoisotopic (exact) mass is 774 g/mol. The summed E-state index contributed by atoms with van der Waals surface area (Å²) in [5.41, 5.74) is 0.580. The Morgan fingerprint density at radius 2 is 1.75 bits per heavy atom. The minimum atomic E-state index is -4.70. The summed E-state index contributed by atoms with van der Waals surface area (Å²) in [6, 6.07) is 9.86. The Morgan fingerprint density at radius 3 is 2.36 bits per heavy atom. The van der Waals surface area contributed by atoms with Crippen LogP contribution in [0.3, 0.4) is 0 Å². The zero-order chi connectivity index (χ0) is 39.8. The molecule has 7 rings (SSSR count). The van der Waals surface area contributed by atoms with E-state index in [1.807, 2.05) is 29.2 Å². The molecule has 0 aromatic heterocycles. The largest absolute Gasteiger partial charge is 0.416 e. The summed E-state index contributed by atoms with van der Waals surface area (Å²) in [5, 5.41) is 26.1. The van der Waals surface area contributed by atoms with E-state index in [0.717, 1.165) is 68.1 Å². The second kappa shape index (κ2) is 17.1. The molecule has 0 spiro atoms. The van der Waals surface area contributed by atoms with Crippen LogP contribution in [0.2, 0.25) is 0 Å². The van der Waals surface area contributed by atoms with Gasteiger partial charge in [0.2, 0.25) is 5.91 Å². The molecule has 2 saturated heterocycles. The third-order valence-corrected chi connectivity index (χ3v) is 13.5. The van der Waals surface area contributed by atoms with E-state index in [2.05, 4.69) is 44.8 Å². The number of amides is 1. The first-order valence-corrected chi connectivity index (χ1v) is 20.4. The zero-order valence-corrected chi connectivity index (χ0v) is 33.4. The number of aliphatic hydroxyl groups excluding tert-OH is 2. The molecule has 3 saturated carbocycles. The molecule has 9 atom stereocenters. The highest BCUT2D eigenvalue weighted by atomic mass is 19.4. The fourth-order valence-electron chi connectivity index (χ4n) is 10.4. The lowest BCUT2D eigenvalue weighted by Gasteiger charge is -2.62. The van der Waals surface area contributed by atoms with E-state index in [4.69, 9.17) is 4.84 Å². The quantitative estimate of drug-likeness (QED) is 0.168. The van der Waals surface area contributed by atoms with Gasteiger partial charge in [0.05, 0.1) is 24.8 Å². The summed E-state index contributed by atoms with van der Waals surface area (Å²) in [6.07, 6.45) is -1.46. The first-order valence-electron chi connectivity index (χ1n) is 20.4. The Balaban J connectivity index is 1.26. The van der Waals surface area contributed by atoms with Gasteiger partial charge in [0.25, 0.3) is 0 Å². The van der Waals surface area contributed by atoms with Crippen LogP contribution in [0.1, 0.15) is 95.9 Å². The second-order valence-corrected chi connectivity index (χ2v) is 18.0. The average Bonchev–Trinajstić information content (AvgIpc) is 3.76. The number of rotatable bonds is 15. The molecule has 5 fully saturated rings. The molecule has 2 bridgehead atoms. The van der Waals surface area contributed by atoms with E-state index in [0.29, 0.717) is 24.3 Å². The molecule has 306 valence electrons. The molecule has 55 heavy (non-hydrogen) atoms. The predicted octanol–water partition coefficient (Wildman–Crippen LogP) is 7.02. The van der Waals surface area contributed by atoms with Gasteiger partial charge in [-0.05, 0) is 104 Å². The molecule has 12 heteroatoms. The summed E-state index contributed by atoms with van der Waals surface area (Å²) in [6.45, 7) is 15.1. The molecule has 2 aromatic rings. The Kier molecular flexibility index (Phi) is 13.1. The molecule has 2 aromatic carbocycles. The third kappa shape index (κ3) is 9.25.